The number of carbonyl (C=O) groups excluding carboxylic acids is 1. The summed E-state index contributed by atoms with van der Waals surface area (Å²) < 4.78 is 0. The highest BCUT2D eigenvalue weighted by molar-refractivity contribution is 5.97. The first kappa shape index (κ1) is 12.6. The first-order chi connectivity index (χ1) is 8.65. The molecule has 1 aromatic carbocycles. The van der Waals surface area contributed by atoms with Gasteiger partial charge in [-0.15, -0.1) is 0 Å². The number of nitriles is 1. The van der Waals surface area contributed by atoms with Crippen molar-refractivity contribution < 1.29 is 4.79 Å². The SMILES string of the molecule is Cc1cccc(C)c1C(=O)N(CCC#N)C1CC1. The topological polar surface area (TPSA) is 44.1 Å². The lowest BCUT2D eigenvalue weighted by Gasteiger charge is -2.23. The predicted octanol–water partition coefficient (Wildman–Crippen LogP) is 2.82. The third kappa shape index (κ3) is 2.53. The van der Waals surface area contributed by atoms with Crippen molar-refractivity contribution in [2.45, 2.75) is 39.2 Å². The molecule has 0 N–H and O–H groups in total. The van der Waals surface area contributed by atoms with Crippen LogP contribution in [0.25, 0.3) is 0 Å². The number of nitrogens with zero attached hydrogens (tertiary/aromatic N) is 2. The lowest BCUT2D eigenvalue weighted by Crippen LogP contribution is -2.34. The van der Waals surface area contributed by atoms with Crippen molar-refractivity contribution in [3.63, 3.8) is 0 Å². The molecule has 0 aliphatic heterocycles. The van der Waals surface area contributed by atoms with Crippen LogP contribution >= 0.6 is 0 Å². The van der Waals surface area contributed by atoms with E-state index in [1.165, 1.54) is 0 Å². The van der Waals surface area contributed by atoms with Crippen molar-refractivity contribution >= 4 is 5.91 Å². The second-order valence-corrected chi connectivity index (χ2v) is 4.90. The highest BCUT2D eigenvalue weighted by Gasteiger charge is 2.33. The quantitative estimate of drug-likeness (QED) is 0.815. The molecule has 0 saturated heterocycles. The zero-order chi connectivity index (χ0) is 13.1. The molecule has 1 aromatic rings. The summed E-state index contributed by atoms with van der Waals surface area (Å²) in [7, 11) is 0. The summed E-state index contributed by atoms with van der Waals surface area (Å²) >= 11 is 0. The number of hydrogen-bond donors (Lipinski definition) is 0. The fraction of sp³-hybridized carbons (Fsp3) is 0.467. The first-order valence-corrected chi connectivity index (χ1v) is 6.39. The Hall–Kier alpha value is -1.82. The third-order valence-corrected chi connectivity index (χ3v) is 3.41. The maximum atomic E-state index is 12.6. The lowest BCUT2D eigenvalue weighted by molar-refractivity contribution is 0.0745. The Balaban J connectivity index is 2.25. The van der Waals surface area contributed by atoms with Gasteiger partial charge in [-0.25, -0.2) is 0 Å². The summed E-state index contributed by atoms with van der Waals surface area (Å²) in [6.45, 7) is 4.49. The van der Waals surface area contributed by atoms with Crippen molar-refractivity contribution in [3.05, 3.63) is 34.9 Å². The molecule has 0 aromatic heterocycles. The van der Waals surface area contributed by atoms with Crippen molar-refractivity contribution in [3.8, 4) is 6.07 Å². The average molecular weight is 242 g/mol. The van der Waals surface area contributed by atoms with E-state index in [9.17, 15) is 4.79 Å². The van der Waals surface area contributed by atoms with E-state index in [1.807, 2.05) is 36.9 Å². The Morgan fingerprint density at radius 1 is 1.39 bits per heavy atom. The average Bonchev–Trinajstić information content (AvgIpc) is 3.14. The Morgan fingerprint density at radius 3 is 2.50 bits per heavy atom. The number of benzene rings is 1. The Kier molecular flexibility index (Phi) is 3.66. The van der Waals surface area contributed by atoms with E-state index in [0.717, 1.165) is 29.5 Å². The molecule has 0 radical (unpaired) electrons. The van der Waals surface area contributed by atoms with E-state index in [1.54, 1.807) is 0 Å². The van der Waals surface area contributed by atoms with Gasteiger partial charge >= 0.3 is 0 Å². The lowest BCUT2D eigenvalue weighted by atomic mass is 10.0. The minimum absolute atomic E-state index is 0.0864. The number of hydrogen-bond acceptors (Lipinski definition) is 2. The molecule has 1 fully saturated rings. The van der Waals surface area contributed by atoms with E-state index in [0.29, 0.717) is 19.0 Å². The van der Waals surface area contributed by atoms with Gasteiger partial charge in [0.25, 0.3) is 5.91 Å². The zero-order valence-corrected chi connectivity index (χ0v) is 10.9. The largest absolute Gasteiger partial charge is 0.335 e. The van der Waals surface area contributed by atoms with Gasteiger partial charge in [0.2, 0.25) is 0 Å². The Labute approximate surface area is 108 Å². The second kappa shape index (κ2) is 5.22. The van der Waals surface area contributed by atoms with Crippen LogP contribution in [0.3, 0.4) is 0 Å². The van der Waals surface area contributed by atoms with Crippen LogP contribution in [0.4, 0.5) is 0 Å². The Morgan fingerprint density at radius 2 is 2.00 bits per heavy atom. The maximum absolute atomic E-state index is 12.6. The molecule has 1 aliphatic carbocycles. The van der Waals surface area contributed by atoms with E-state index in [2.05, 4.69) is 6.07 Å². The van der Waals surface area contributed by atoms with Crippen LogP contribution in [0.1, 0.15) is 40.7 Å². The Bertz CT molecular complexity index is 477. The van der Waals surface area contributed by atoms with Crippen LogP contribution in [0.5, 0.6) is 0 Å². The van der Waals surface area contributed by atoms with Crippen LogP contribution in [0.15, 0.2) is 18.2 Å². The van der Waals surface area contributed by atoms with Gasteiger partial charge in [0.1, 0.15) is 0 Å². The van der Waals surface area contributed by atoms with Crippen molar-refractivity contribution in [1.82, 2.24) is 4.90 Å². The van der Waals surface area contributed by atoms with Gasteiger partial charge in [-0.3, -0.25) is 4.79 Å². The van der Waals surface area contributed by atoms with E-state index in [4.69, 9.17) is 5.26 Å². The fourth-order valence-corrected chi connectivity index (χ4v) is 2.30. The molecule has 94 valence electrons. The van der Waals surface area contributed by atoms with Crippen LogP contribution in [0.2, 0.25) is 0 Å². The molecule has 0 unspecified atom stereocenters. The highest BCUT2D eigenvalue weighted by Crippen LogP contribution is 2.29. The first-order valence-electron chi connectivity index (χ1n) is 6.39. The van der Waals surface area contributed by atoms with Crippen molar-refractivity contribution in [1.29, 1.82) is 5.26 Å². The number of carbonyl (C=O) groups is 1. The summed E-state index contributed by atoms with van der Waals surface area (Å²) in [6, 6.07) is 8.38. The summed E-state index contributed by atoms with van der Waals surface area (Å²) in [6.07, 6.45) is 2.55. The molecule has 3 nitrogen and oxygen atoms in total. The maximum Gasteiger partial charge on any atom is 0.254 e. The van der Waals surface area contributed by atoms with Crippen LogP contribution in [-0.4, -0.2) is 23.4 Å². The number of amides is 1. The summed E-state index contributed by atoms with van der Waals surface area (Å²) in [5, 5.41) is 8.69. The summed E-state index contributed by atoms with van der Waals surface area (Å²) in [4.78, 5) is 14.5. The third-order valence-electron chi connectivity index (χ3n) is 3.41. The molecule has 18 heavy (non-hydrogen) atoms. The van der Waals surface area contributed by atoms with Gasteiger partial charge in [-0.2, -0.15) is 5.26 Å². The number of rotatable bonds is 4. The van der Waals surface area contributed by atoms with Crippen molar-refractivity contribution in [2.75, 3.05) is 6.54 Å². The van der Waals surface area contributed by atoms with E-state index >= 15 is 0 Å². The van der Waals surface area contributed by atoms with Crippen LogP contribution in [0, 0.1) is 25.2 Å². The molecular weight excluding hydrogens is 224 g/mol. The zero-order valence-electron chi connectivity index (χ0n) is 10.9. The fourth-order valence-electron chi connectivity index (χ4n) is 2.30. The molecule has 0 spiro atoms. The summed E-state index contributed by atoms with van der Waals surface area (Å²) in [5.41, 5.74) is 2.84. The van der Waals surface area contributed by atoms with Gasteiger partial charge in [-0.05, 0) is 37.8 Å². The second-order valence-electron chi connectivity index (χ2n) is 4.90. The molecule has 0 heterocycles. The van der Waals surface area contributed by atoms with Crippen molar-refractivity contribution in [2.24, 2.45) is 0 Å². The van der Waals surface area contributed by atoms with E-state index < -0.39 is 0 Å². The summed E-state index contributed by atoms with van der Waals surface area (Å²) in [5.74, 6) is 0.0864. The molecular formula is C15H18N2O. The molecule has 3 heteroatoms. The minimum atomic E-state index is 0.0864. The monoisotopic (exact) mass is 242 g/mol. The molecule has 1 amide bonds. The van der Waals surface area contributed by atoms with Gasteiger partial charge in [0, 0.05) is 18.2 Å². The number of aryl methyl sites for hydroxylation is 2. The smallest absolute Gasteiger partial charge is 0.254 e. The molecule has 1 saturated carbocycles. The molecule has 1 aliphatic rings. The normalized spacial score (nSPS) is 14.1. The van der Waals surface area contributed by atoms with Gasteiger partial charge < -0.3 is 4.90 Å². The molecule has 0 atom stereocenters. The molecule has 2 rings (SSSR count). The molecule has 0 bridgehead atoms. The van der Waals surface area contributed by atoms with Crippen LogP contribution < -0.4 is 0 Å². The van der Waals surface area contributed by atoms with Gasteiger partial charge in [0.05, 0.1) is 12.5 Å². The van der Waals surface area contributed by atoms with Gasteiger partial charge in [0.15, 0.2) is 0 Å². The van der Waals surface area contributed by atoms with Gasteiger partial charge in [-0.1, -0.05) is 18.2 Å². The predicted molar refractivity (Wildman–Crippen MR) is 70.2 cm³/mol. The highest BCUT2D eigenvalue weighted by atomic mass is 16.2. The van der Waals surface area contributed by atoms with Crippen LogP contribution in [-0.2, 0) is 0 Å². The standard InChI is InChI=1S/C15H18N2O/c1-11-5-3-6-12(2)14(11)15(18)17(10-4-9-16)13-7-8-13/h3,5-6,13H,4,7-8,10H2,1-2H3. The minimum Gasteiger partial charge on any atom is -0.335 e. The van der Waals surface area contributed by atoms with E-state index in [-0.39, 0.29) is 5.91 Å².